The van der Waals surface area contributed by atoms with Gasteiger partial charge in [0, 0.05) is 18.6 Å². The average molecular weight is 240 g/mol. The highest BCUT2D eigenvalue weighted by molar-refractivity contribution is 4.90. The maximum absolute atomic E-state index is 6.34. The fraction of sp³-hybridized carbons (Fsp3) is 1.00. The maximum atomic E-state index is 6.34. The highest BCUT2D eigenvalue weighted by atomic mass is 15.2. The van der Waals surface area contributed by atoms with Gasteiger partial charge in [-0.25, -0.2) is 0 Å². The van der Waals surface area contributed by atoms with Crippen LogP contribution in [-0.2, 0) is 0 Å². The summed E-state index contributed by atoms with van der Waals surface area (Å²) < 4.78 is 0. The summed E-state index contributed by atoms with van der Waals surface area (Å²) in [7, 11) is 2.27. The van der Waals surface area contributed by atoms with E-state index in [-0.39, 0.29) is 5.41 Å². The van der Waals surface area contributed by atoms with Crippen LogP contribution in [0.15, 0.2) is 0 Å². The van der Waals surface area contributed by atoms with Crippen LogP contribution in [0.2, 0.25) is 0 Å². The molecule has 0 radical (unpaired) electrons. The van der Waals surface area contributed by atoms with E-state index < -0.39 is 0 Å². The Morgan fingerprint density at radius 1 is 1.24 bits per heavy atom. The molecular weight excluding hydrogens is 208 g/mol. The zero-order valence-corrected chi connectivity index (χ0v) is 12.5. The van der Waals surface area contributed by atoms with Gasteiger partial charge in [0.15, 0.2) is 0 Å². The Hall–Kier alpha value is -0.0800. The highest BCUT2D eigenvalue weighted by Crippen LogP contribution is 2.30. The standard InChI is InChI=1S/C15H32N2/c1-6-13(16)14(15(2,3)4)17(5)11-12-9-7-8-10-12/h12-14H,6-11,16H2,1-5H3. The van der Waals surface area contributed by atoms with Gasteiger partial charge < -0.3 is 10.6 Å². The molecule has 0 aliphatic heterocycles. The van der Waals surface area contributed by atoms with E-state index in [2.05, 4.69) is 39.6 Å². The zero-order valence-electron chi connectivity index (χ0n) is 12.5. The second-order valence-corrected chi connectivity index (χ2v) is 6.97. The number of likely N-dealkylation sites (N-methyl/N-ethyl adjacent to an activating group) is 1. The summed E-state index contributed by atoms with van der Waals surface area (Å²) in [5, 5.41) is 0. The van der Waals surface area contributed by atoms with E-state index in [9.17, 15) is 0 Å². The van der Waals surface area contributed by atoms with Crippen LogP contribution in [0.5, 0.6) is 0 Å². The van der Waals surface area contributed by atoms with Gasteiger partial charge in [-0.3, -0.25) is 0 Å². The first-order chi connectivity index (χ1) is 7.86. The molecule has 2 nitrogen and oxygen atoms in total. The molecular formula is C15H32N2. The summed E-state index contributed by atoms with van der Waals surface area (Å²) in [4.78, 5) is 2.53. The van der Waals surface area contributed by atoms with E-state index in [0.29, 0.717) is 12.1 Å². The van der Waals surface area contributed by atoms with E-state index in [0.717, 1.165) is 12.3 Å². The van der Waals surface area contributed by atoms with Crippen LogP contribution >= 0.6 is 0 Å². The third kappa shape index (κ3) is 4.26. The van der Waals surface area contributed by atoms with Gasteiger partial charge in [-0.2, -0.15) is 0 Å². The lowest BCUT2D eigenvalue weighted by molar-refractivity contribution is 0.0862. The van der Waals surface area contributed by atoms with E-state index in [4.69, 9.17) is 5.73 Å². The molecule has 1 saturated carbocycles. The number of nitrogens with zero attached hydrogens (tertiary/aromatic N) is 1. The summed E-state index contributed by atoms with van der Waals surface area (Å²) in [5.74, 6) is 0.911. The Morgan fingerprint density at radius 2 is 1.76 bits per heavy atom. The van der Waals surface area contributed by atoms with E-state index in [1.54, 1.807) is 0 Å². The van der Waals surface area contributed by atoms with Gasteiger partial charge in [-0.05, 0) is 37.6 Å². The van der Waals surface area contributed by atoms with Crippen molar-refractivity contribution in [2.45, 2.75) is 71.9 Å². The van der Waals surface area contributed by atoms with Crippen molar-refractivity contribution in [2.24, 2.45) is 17.1 Å². The zero-order chi connectivity index (χ0) is 13.1. The molecule has 0 saturated heterocycles. The second-order valence-electron chi connectivity index (χ2n) is 6.97. The van der Waals surface area contributed by atoms with E-state index >= 15 is 0 Å². The summed E-state index contributed by atoms with van der Waals surface area (Å²) in [5.41, 5.74) is 6.60. The Bertz CT molecular complexity index is 213. The van der Waals surface area contributed by atoms with Gasteiger partial charge >= 0.3 is 0 Å². The molecule has 0 amide bonds. The molecule has 0 spiro atoms. The molecule has 1 rings (SSSR count). The van der Waals surface area contributed by atoms with Crippen LogP contribution in [0.4, 0.5) is 0 Å². The third-order valence-corrected chi connectivity index (χ3v) is 4.26. The molecule has 0 aromatic heterocycles. The van der Waals surface area contributed by atoms with Crippen LogP contribution in [0.1, 0.15) is 59.8 Å². The molecule has 1 aliphatic carbocycles. The predicted octanol–water partition coefficient (Wildman–Crippen LogP) is 3.26. The second kappa shape index (κ2) is 6.19. The summed E-state index contributed by atoms with van der Waals surface area (Å²) >= 11 is 0. The monoisotopic (exact) mass is 240 g/mol. The molecule has 0 aromatic rings. The first-order valence-corrected chi connectivity index (χ1v) is 7.32. The lowest BCUT2D eigenvalue weighted by atomic mass is 9.80. The summed E-state index contributed by atoms with van der Waals surface area (Å²) in [6.45, 7) is 10.4. The van der Waals surface area contributed by atoms with Gasteiger partial charge in [0.1, 0.15) is 0 Å². The minimum absolute atomic E-state index is 0.267. The first kappa shape index (κ1) is 15.0. The van der Waals surface area contributed by atoms with Crippen molar-refractivity contribution < 1.29 is 0 Å². The van der Waals surface area contributed by atoms with Crippen LogP contribution in [0.25, 0.3) is 0 Å². The number of rotatable bonds is 5. The van der Waals surface area contributed by atoms with Crippen LogP contribution in [0, 0.1) is 11.3 Å². The van der Waals surface area contributed by atoms with Crippen molar-refractivity contribution in [2.75, 3.05) is 13.6 Å². The van der Waals surface area contributed by atoms with Crippen molar-refractivity contribution >= 4 is 0 Å². The fourth-order valence-corrected chi connectivity index (χ4v) is 3.57. The van der Waals surface area contributed by atoms with Gasteiger partial charge in [0.2, 0.25) is 0 Å². The van der Waals surface area contributed by atoms with Gasteiger partial charge in [0.05, 0.1) is 0 Å². The Labute approximate surface area is 108 Å². The van der Waals surface area contributed by atoms with Crippen LogP contribution in [-0.4, -0.2) is 30.6 Å². The van der Waals surface area contributed by atoms with Crippen molar-refractivity contribution in [3.05, 3.63) is 0 Å². The van der Waals surface area contributed by atoms with Crippen molar-refractivity contribution in [3.8, 4) is 0 Å². The first-order valence-electron chi connectivity index (χ1n) is 7.32. The smallest absolute Gasteiger partial charge is 0.0292 e. The molecule has 2 atom stereocenters. The lowest BCUT2D eigenvalue weighted by Gasteiger charge is -2.42. The van der Waals surface area contributed by atoms with E-state index in [1.807, 2.05) is 0 Å². The van der Waals surface area contributed by atoms with Gasteiger partial charge in [-0.1, -0.05) is 40.5 Å². The summed E-state index contributed by atoms with van der Waals surface area (Å²) in [6.07, 6.45) is 6.76. The number of hydrogen-bond acceptors (Lipinski definition) is 2. The molecule has 2 heteroatoms. The van der Waals surface area contributed by atoms with Crippen LogP contribution < -0.4 is 5.73 Å². The number of hydrogen-bond donors (Lipinski definition) is 1. The average Bonchev–Trinajstić information content (AvgIpc) is 2.67. The molecule has 17 heavy (non-hydrogen) atoms. The predicted molar refractivity (Wildman–Crippen MR) is 76.1 cm³/mol. The van der Waals surface area contributed by atoms with Gasteiger partial charge in [-0.15, -0.1) is 0 Å². The quantitative estimate of drug-likeness (QED) is 0.799. The van der Waals surface area contributed by atoms with Crippen molar-refractivity contribution in [1.29, 1.82) is 0 Å². The van der Waals surface area contributed by atoms with Crippen LogP contribution in [0.3, 0.4) is 0 Å². The largest absolute Gasteiger partial charge is 0.326 e. The Balaban J connectivity index is 2.61. The van der Waals surface area contributed by atoms with Crippen molar-refractivity contribution in [1.82, 2.24) is 4.90 Å². The Kier molecular flexibility index (Phi) is 5.46. The third-order valence-electron chi connectivity index (χ3n) is 4.26. The molecule has 1 aliphatic rings. The topological polar surface area (TPSA) is 29.3 Å². The molecule has 102 valence electrons. The fourth-order valence-electron chi connectivity index (χ4n) is 3.57. The molecule has 2 unspecified atom stereocenters. The summed E-state index contributed by atoms with van der Waals surface area (Å²) in [6, 6.07) is 0.787. The molecule has 1 fully saturated rings. The molecule has 0 aromatic carbocycles. The Morgan fingerprint density at radius 3 is 2.18 bits per heavy atom. The highest BCUT2D eigenvalue weighted by Gasteiger charge is 2.33. The van der Waals surface area contributed by atoms with Crippen molar-refractivity contribution in [3.63, 3.8) is 0 Å². The lowest BCUT2D eigenvalue weighted by Crippen LogP contribution is -2.54. The molecule has 2 N–H and O–H groups in total. The SMILES string of the molecule is CCC(N)C(N(C)CC1CCCC1)C(C)(C)C. The minimum atomic E-state index is 0.267. The maximum Gasteiger partial charge on any atom is 0.0292 e. The molecule has 0 bridgehead atoms. The van der Waals surface area contributed by atoms with Gasteiger partial charge in [0.25, 0.3) is 0 Å². The minimum Gasteiger partial charge on any atom is -0.326 e. The number of nitrogens with two attached hydrogens (primary N) is 1. The molecule has 0 heterocycles. The normalized spacial score (nSPS) is 22.1. The van der Waals surface area contributed by atoms with E-state index in [1.165, 1.54) is 32.2 Å².